The lowest BCUT2D eigenvalue weighted by Crippen LogP contribution is -2.58. The molecule has 1 fully saturated rings. The Kier molecular flexibility index (Phi) is 5.33. The van der Waals surface area contributed by atoms with Gasteiger partial charge in [-0.2, -0.15) is 0 Å². The van der Waals surface area contributed by atoms with E-state index in [4.69, 9.17) is 4.74 Å². The number of methoxy groups -OCH3 is 1. The van der Waals surface area contributed by atoms with Crippen molar-refractivity contribution in [3.8, 4) is 5.75 Å². The van der Waals surface area contributed by atoms with Crippen molar-refractivity contribution in [2.45, 2.75) is 39.3 Å². The summed E-state index contributed by atoms with van der Waals surface area (Å²) in [6, 6.07) is 7.49. The lowest BCUT2D eigenvalue weighted by Gasteiger charge is -2.43. The molecule has 2 rings (SSSR count). The third-order valence-corrected chi connectivity index (χ3v) is 4.85. The van der Waals surface area contributed by atoms with E-state index in [1.807, 2.05) is 0 Å². The summed E-state index contributed by atoms with van der Waals surface area (Å²) < 4.78 is 6.44. The van der Waals surface area contributed by atoms with Gasteiger partial charge < -0.3 is 15.0 Å². The van der Waals surface area contributed by atoms with Crippen LogP contribution < -0.4 is 15.0 Å². The predicted molar refractivity (Wildman–Crippen MR) is 88.7 cm³/mol. The summed E-state index contributed by atoms with van der Waals surface area (Å²) in [6.45, 7) is 8.93. The Morgan fingerprint density at radius 1 is 1.45 bits per heavy atom. The van der Waals surface area contributed by atoms with Crippen LogP contribution in [-0.2, 0) is 0 Å². The molecule has 1 saturated heterocycles. The van der Waals surface area contributed by atoms with Crippen molar-refractivity contribution in [3.63, 3.8) is 0 Å². The summed E-state index contributed by atoms with van der Waals surface area (Å²) in [5.41, 5.74) is 1.25. The number of anilines is 1. The maximum absolute atomic E-state index is 5.43. The zero-order chi connectivity index (χ0) is 14.7. The Morgan fingerprint density at radius 3 is 2.80 bits per heavy atom. The number of rotatable bonds is 4. The van der Waals surface area contributed by atoms with Gasteiger partial charge in [0.05, 0.1) is 11.6 Å². The third kappa shape index (κ3) is 3.29. The van der Waals surface area contributed by atoms with Crippen LogP contribution in [0, 0.1) is 5.92 Å². The molecule has 0 aromatic heterocycles. The standard InChI is InChI=1S/C16H25BrN2O/c1-5-12-9-18-15(11(2)3)10-19(12)13-6-7-14(17)16(8-13)20-4/h6-8,11-12,15,18H,5,9-10H2,1-4H3. The van der Waals surface area contributed by atoms with Gasteiger partial charge >= 0.3 is 0 Å². The van der Waals surface area contributed by atoms with Gasteiger partial charge in [-0.05, 0) is 40.4 Å². The average molecular weight is 341 g/mol. The fourth-order valence-corrected chi connectivity index (χ4v) is 3.19. The van der Waals surface area contributed by atoms with E-state index in [1.54, 1.807) is 7.11 Å². The summed E-state index contributed by atoms with van der Waals surface area (Å²) in [7, 11) is 1.72. The van der Waals surface area contributed by atoms with Crippen LogP contribution in [0.1, 0.15) is 27.2 Å². The van der Waals surface area contributed by atoms with Gasteiger partial charge in [0, 0.05) is 36.9 Å². The fraction of sp³-hybridized carbons (Fsp3) is 0.625. The number of nitrogens with zero attached hydrogens (tertiary/aromatic N) is 1. The van der Waals surface area contributed by atoms with Crippen molar-refractivity contribution in [3.05, 3.63) is 22.7 Å². The minimum absolute atomic E-state index is 0.549. The monoisotopic (exact) mass is 340 g/mol. The summed E-state index contributed by atoms with van der Waals surface area (Å²) in [5.74, 6) is 1.55. The van der Waals surface area contributed by atoms with E-state index in [1.165, 1.54) is 5.69 Å². The summed E-state index contributed by atoms with van der Waals surface area (Å²) >= 11 is 3.53. The van der Waals surface area contributed by atoms with Crippen molar-refractivity contribution in [1.29, 1.82) is 0 Å². The lowest BCUT2D eigenvalue weighted by atomic mass is 9.98. The maximum atomic E-state index is 5.43. The second-order valence-electron chi connectivity index (χ2n) is 5.79. The second kappa shape index (κ2) is 6.81. The molecule has 1 aliphatic rings. The van der Waals surface area contributed by atoms with Crippen LogP contribution in [0.4, 0.5) is 5.69 Å². The molecule has 0 amide bonds. The van der Waals surface area contributed by atoms with Gasteiger partial charge in [0.25, 0.3) is 0 Å². The number of piperazine rings is 1. The molecule has 112 valence electrons. The smallest absolute Gasteiger partial charge is 0.135 e. The second-order valence-corrected chi connectivity index (χ2v) is 6.65. The van der Waals surface area contributed by atoms with Gasteiger partial charge in [-0.15, -0.1) is 0 Å². The van der Waals surface area contributed by atoms with Crippen LogP contribution in [0.5, 0.6) is 5.75 Å². The molecule has 1 aromatic carbocycles. The minimum atomic E-state index is 0.549. The van der Waals surface area contributed by atoms with Crippen LogP contribution in [0.15, 0.2) is 22.7 Å². The summed E-state index contributed by atoms with van der Waals surface area (Å²) in [6.07, 6.45) is 1.15. The van der Waals surface area contributed by atoms with E-state index in [2.05, 4.69) is 65.1 Å². The van der Waals surface area contributed by atoms with Gasteiger partial charge in [-0.1, -0.05) is 20.8 Å². The zero-order valence-electron chi connectivity index (χ0n) is 12.8. The Balaban J connectivity index is 2.26. The van der Waals surface area contributed by atoms with Crippen LogP contribution in [0.2, 0.25) is 0 Å². The Bertz CT molecular complexity index is 450. The molecule has 2 unspecified atom stereocenters. The van der Waals surface area contributed by atoms with Crippen molar-refractivity contribution in [2.75, 3.05) is 25.1 Å². The van der Waals surface area contributed by atoms with Gasteiger partial charge in [-0.25, -0.2) is 0 Å². The highest BCUT2D eigenvalue weighted by Gasteiger charge is 2.28. The normalized spacial score (nSPS) is 23.2. The first-order chi connectivity index (χ1) is 9.56. The first-order valence-electron chi connectivity index (χ1n) is 7.40. The molecule has 4 heteroatoms. The molecule has 0 bridgehead atoms. The van der Waals surface area contributed by atoms with Gasteiger partial charge in [-0.3, -0.25) is 0 Å². The molecule has 2 atom stereocenters. The molecule has 20 heavy (non-hydrogen) atoms. The van der Waals surface area contributed by atoms with E-state index in [0.29, 0.717) is 18.0 Å². The molecular weight excluding hydrogens is 316 g/mol. The third-order valence-electron chi connectivity index (χ3n) is 4.19. The summed E-state index contributed by atoms with van der Waals surface area (Å²) in [4.78, 5) is 2.52. The molecule has 1 aliphatic heterocycles. The maximum Gasteiger partial charge on any atom is 0.135 e. The largest absolute Gasteiger partial charge is 0.495 e. The van der Waals surface area contributed by atoms with E-state index in [-0.39, 0.29) is 0 Å². The van der Waals surface area contributed by atoms with Gasteiger partial charge in [0.1, 0.15) is 5.75 Å². The fourth-order valence-electron chi connectivity index (χ4n) is 2.78. The number of ether oxygens (including phenoxy) is 1. The number of hydrogen-bond donors (Lipinski definition) is 1. The molecule has 0 aliphatic carbocycles. The highest BCUT2D eigenvalue weighted by Crippen LogP contribution is 2.32. The van der Waals surface area contributed by atoms with Crippen LogP contribution in [0.3, 0.4) is 0 Å². The van der Waals surface area contributed by atoms with E-state index in [0.717, 1.165) is 29.7 Å². The van der Waals surface area contributed by atoms with Gasteiger partial charge in [0.15, 0.2) is 0 Å². The minimum Gasteiger partial charge on any atom is -0.495 e. The quantitative estimate of drug-likeness (QED) is 0.904. The first-order valence-corrected chi connectivity index (χ1v) is 8.19. The number of nitrogens with one attached hydrogen (secondary N) is 1. The van der Waals surface area contributed by atoms with Crippen molar-refractivity contribution < 1.29 is 4.74 Å². The average Bonchev–Trinajstić information content (AvgIpc) is 2.47. The van der Waals surface area contributed by atoms with Crippen LogP contribution in [-0.4, -0.2) is 32.3 Å². The first kappa shape index (κ1) is 15.6. The number of hydrogen-bond acceptors (Lipinski definition) is 3. The van der Waals surface area contributed by atoms with Crippen molar-refractivity contribution in [2.24, 2.45) is 5.92 Å². The molecule has 3 nitrogen and oxygen atoms in total. The molecular formula is C16H25BrN2O. The van der Waals surface area contributed by atoms with Crippen LogP contribution in [0.25, 0.3) is 0 Å². The van der Waals surface area contributed by atoms with E-state index in [9.17, 15) is 0 Å². The zero-order valence-corrected chi connectivity index (χ0v) is 14.4. The molecule has 1 heterocycles. The van der Waals surface area contributed by atoms with Crippen LogP contribution >= 0.6 is 15.9 Å². The van der Waals surface area contributed by atoms with E-state index >= 15 is 0 Å². The highest BCUT2D eigenvalue weighted by molar-refractivity contribution is 9.10. The molecule has 0 spiro atoms. The lowest BCUT2D eigenvalue weighted by molar-refractivity contribution is 0.325. The SMILES string of the molecule is CCC1CNC(C(C)C)CN1c1ccc(Br)c(OC)c1. The van der Waals surface area contributed by atoms with E-state index < -0.39 is 0 Å². The Morgan fingerprint density at radius 2 is 2.20 bits per heavy atom. The molecule has 1 N–H and O–H groups in total. The Labute approximate surface area is 130 Å². The molecule has 1 aromatic rings. The number of halogens is 1. The topological polar surface area (TPSA) is 24.5 Å². The molecule has 0 radical (unpaired) electrons. The van der Waals surface area contributed by atoms with Crippen molar-refractivity contribution in [1.82, 2.24) is 5.32 Å². The highest BCUT2D eigenvalue weighted by atomic mass is 79.9. The van der Waals surface area contributed by atoms with Crippen molar-refractivity contribution >= 4 is 21.6 Å². The summed E-state index contributed by atoms with van der Waals surface area (Å²) in [5, 5.41) is 3.68. The predicted octanol–water partition coefficient (Wildman–Crippen LogP) is 3.67. The Hall–Kier alpha value is -0.740. The number of benzene rings is 1. The molecule has 0 saturated carbocycles. The van der Waals surface area contributed by atoms with Gasteiger partial charge in [0.2, 0.25) is 0 Å².